The lowest BCUT2D eigenvalue weighted by Gasteiger charge is -2.39. The zero-order valence-electron chi connectivity index (χ0n) is 11.2. The molecular formula is C14H20N2O3. The number of anilines is 2. The molecule has 0 aliphatic carbocycles. The monoisotopic (exact) mass is 264 g/mol. The van der Waals surface area contributed by atoms with Crippen LogP contribution in [-0.2, 0) is 9.47 Å². The Morgan fingerprint density at radius 2 is 1.89 bits per heavy atom. The molecular weight excluding hydrogens is 244 g/mol. The molecule has 3 rings (SSSR count). The van der Waals surface area contributed by atoms with Crippen LogP contribution in [0.2, 0.25) is 0 Å². The van der Waals surface area contributed by atoms with Crippen molar-refractivity contribution in [3.8, 4) is 5.75 Å². The summed E-state index contributed by atoms with van der Waals surface area (Å²) in [6.45, 7) is 3.23. The Hall–Kier alpha value is -1.46. The molecule has 0 saturated carbocycles. The summed E-state index contributed by atoms with van der Waals surface area (Å²) in [5.41, 5.74) is 7.60. The van der Waals surface area contributed by atoms with E-state index in [1.807, 2.05) is 18.2 Å². The molecule has 0 amide bonds. The third-order valence-electron chi connectivity index (χ3n) is 3.88. The van der Waals surface area contributed by atoms with Crippen LogP contribution in [0.25, 0.3) is 0 Å². The van der Waals surface area contributed by atoms with E-state index >= 15 is 0 Å². The Balaban J connectivity index is 1.74. The normalized spacial score (nSPS) is 21.8. The molecule has 0 atom stereocenters. The number of ether oxygens (including phenoxy) is 3. The van der Waals surface area contributed by atoms with Gasteiger partial charge in [-0.3, -0.25) is 0 Å². The number of benzene rings is 1. The first-order valence-corrected chi connectivity index (χ1v) is 6.69. The topological polar surface area (TPSA) is 57.0 Å². The molecule has 2 aliphatic heterocycles. The molecule has 0 bridgehead atoms. The predicted octanol–water partition coefficient (Wildman–Crippen LogP) is 1.62. The van der Waals surface area contributed by atoms with Gasteiger partial charge in [-0.05, 0) is 12.1 Å². The van der Waals surface area contributed by atoms with E-state index in [1.54, 1.807) is 7.11 Å². The minimum absolute atomic E-state index is 0.336. The van der Waals surface area contributed by atoms with Crippen LogP contribution in [0, 0.1) is 0 Å². The number of hydrogen-bond acceptors (Lipinski definition) is 5. The van der Waals surface area contributed by atoms with E-state index in [0.717, 1.165) is 43.1 Å². The zero-order chi connectivity index (χ0) is 13.3. The fourth-order valence-electron chi connectivity index (χ4n) is 2.83. The summed E-state index contributed by atoms with van der Waals surface area (Å²) in [6.07, 6.45) is 1.78. The second-order valence-electron chi connectivity index (χ2n) is 5.03. The van der Waals surface area contributed by atoms with E-state index in [0.29, 0.717) is 13.2 Å². The van der Waals surface area contributed by atoms with Crippen molar-refractivity contribution in [2.24, 2.45) is 0 Å². The van der Waals surface area contributed by atoms with Gasteiger partial charge in [0.25, 0.3) is 0 Å². The second-order valence-corrected chi connectivity index (χ2v) is 5.03. The number of rotatable bonds is 2. The lowest BCUT2D eigenvalue weighted by atomic mass is 10.0. The van der Waals surface area contributed by atoms with Crippen molar-refractivity contribution in [2.45, 2.75) is 18.6 Å². The molecule has 2 heterocycles. The van der Waals surface area contributed by atoms with Crippen molar-refractivity contribution >= 4 is 11.4 Å². The molecule has 2 saturated heterocycles. The first kappa shape index (κ1) is 12.6. The molecule has 2 N–H and O–H groups in total. The van der Waals surface area contributed by atoms with Gasteiger partial charge in [0.1, 0.15) is 5.75 Å². The van der Waals surface area contributed by atoms with Crippen LogP contribution >= 0.6 is 0 Å². The molecule has 1 spiro atoms. The fourth-order valence-corrected chi connectivity index (χ4v) is 2.83. The Kier molecular flexibility index (Phi) is 3.24. The molecule has 1 aromatic carbocycles. The molecule has 19 heavy (non-hydrogen) atoms. The number of hydrogen-bond donors (Lipinski definition) is 1. The highest BCUT2D eigenvalue weighted by atomic mass is 16.7. The number of nitrogen functional groups attached to an aromatic ring is 1. The van der Waals surface area contributed by atoms with Gasteiger partial charge in [-0.15, -0.1) is 0 Å². The summed E-state index contributed by atoms with van der Waals surface area (Å²) >= 11 is 0. The summed E-state index contributed by atoms with van der Waals surface area (Å²) in [5, 5.41) is 0. The van der Waals surface area contributed by atoms with Gasteiger partial charge in [0, 0.05) is 37.7 Å². The maximum absolute atomic E-state index is 5.79. The molecule has 5 nitrogen and oxygen atoms in total. The molecule has 5 heteroatoms. The standard InChI is InChI=1S/C14H20N2O3/c1-17-13-10-11(15)2-3-12(13)16-6-4-14(5-7-16)18-8-9-19-14/h2-3,10H,4-9,15H2,1H3. The lowest BCUT2D eigenvalue weighted by molar-refractivity contribution is -0.169. The molecule has 0 unspecified atom stereocenters. The van der Waals surface area contributed by atoms with Crippen molar-refractivity contribution < 1.29 is 14.2 Å². The highest BCUT2D eigenvalue weighted by Crippen LogP contribution is 2.37. The van der Waals surface area contributed by atoms with Gasteiger partial charge < -0.3 is 24.8 Å². The number of methoxy groups -OCH3 is 1. The van der Waals surface area contributed by atoms with Crippen molar-refractivity contribution in [3.05, 3.63) is 18.2 Å². The highest BCUT2D eigenvalue weighted by Gasteiger charge is 2.40. The molecule has 0 radical (unpaired) electrons. The largest absolute Gasteiger partial charge is 0.495 e. The van der Waals surface area contributed by atoms with Gasteiger partial charge in [0.05, 0.1) is 26.0 Å². The van der Waals surface area contributed by atoms with Crippen LogP contribution in [0.15, 0.2) is 18.2 Å². The van der Waals surface area contributed by atoms with Gasteiger partial charge in [-0.25, -0.2) is 0 Å². The highest BCUT2D eigenvalue weighted by molar-refractivity contribution is 5.64. The first-order chi connectivity index (χ1) is 9.22. The minimum Gasteiger partial charge on any atom is -0.495 e. The molecule has 1 aromatic rings. The van der Waals surface area contributed by atoms with E-state index in [-0.39, 0.29) is 5.79 Å². The van der Waals surface area contributed by atoms with Crippen LogP contribution in [0.3, 0.4) is 0 Å². The van der Waals surface area contributed by atoms with Gasteiger partial charge in [-0.1, -0.05) is 0 Å². The van der Waals surface area contributed by atoms with Crippen molar-refractivity contribution in [1.82, 2.24) is 0 Å². The third-order valence-corrected chi connectivity index (χ3v) is 3.88. The van der Waals surface area contributed by atoms with Crippen molar-refractivity contribution in [3.63, 3.8) is 0 Å². The van der Waals surface area contributed by atoms with Crippen LogP contribution in [-0.4, -0.2) is 39.2 Å². The summed E-state index contributed by atoms with van der Waals surface area (Å²) in [5.74, 6) is 0.488. The summed E-state index contributed by atoms with van der Waals surface area (Å²) in [6, 6.07) is 5.79. The average Bonchev–Trinajstić information content (AvgIpc) is 2.88. The number of piperidine rings is 1. The van der Waals surface area contributed by atoms with Crippen LogP contribution < -0.4 is 15.4 Å². The lowest BCUT2D eigenvalue weighted by Crippen LogP contribution is -2.45. The predicted molar refractivity (Wildman–Crippen MR) is 73.5 cm³/mol. The number of nitrogens with zero attached hydrogens (tertiary/aromatic N) is 1. The van der Waals surface area contributed by atoms with Crippen LogP contribution in [0.1, 0.15) is 12.8 Å². The van der Waals surface area contributed by atoms with Crippen LogP contribution in [0.5, 0.6) is 5.75 Å². The summed E-state index contributed by atoms with van der Waals surface area (Å²) < 4.78 is 16.9. The van der Waals surface area contributed by atoms with Crippen molar-refractivity contribution in [1.29, 1.82) is 0 Å². The van der Waals surface area contributed by atoms with E-state index in [2.05, 4.69) is 4.90 Å². The Morgan fingerprint density at radius 1 is 1.21 bits per heavy atom. The second kappa shape index (κ2) is 4.90. The van der Waals surface area contributed by atoms with Crippen LogP contribution in [0.4, 0.5) is 11.4 Å². The maximum Gasteiger partial charge on any atom is 0.171 e. The Labute approximate surface area is 113 Å². The molecule has 0 aromatic heterocycles. The maximum atomic E-state index is 5.79. The fraction of sp³-hybridized carbons (Fsp3) is 0.571. The Bertz CT molecular complexity index is 448. The van der Waals surface area contributed by atoms with Gasteiger partial charge >= 0.3 is 0 Å². The van der Waals surface area contributed by atoms with Crippen molar-refractivity contribution in [2.75, 3.05) is 44.0 Å². The van der Waals surface area contributed by atoms with Gasteiger partial charge in [0.15, 0.2) is 5.79 Å². The third kappa shape index (κ3) is 2.35. The first-order valence-electron chi connectivity index (χ1n) is 6.69. The summed E-state index contributed by atoms with van der Waals surface area (Å²) in [7, 11) is 1.67. The smallest absolute Gasteiger partial charge is 0.171 e. The zero-order valence-corrected chi connectivity index (χ0v) is 11.2. The van der Waals surface area contributed by atoms with E-state index in [9.17, 15) is 0 Å². The van der Waals surface area contributed by atoms with E-state index < -0.39 is 0 Å². The Morgan fingerprint density at radius 3 is 2.53 bits per heavy atom. The van der Waals surface area contributed by atoms with Gasteiger partial charge in [0.2, 0.25) is 0 Å². The van der Waals surface area contributed by atoms with E-state index in [4.69, 9.17) is 19.9 Å². The SMILES string of the molecule is COc1cc(N)ccc1N1CCC2(CC1)OCCO2. The molecule has 2 fully saturated rings. The quantitative estimate of drug-likeness (QED) is 0.823. The van der Waals surface area contributed by atoms with Gasteiger partial charge in [-0.2, -0.15) is 0 Å². The molecule has 104 valence electrons. The minimum atomic E-state index is -0.336. The number of nitrogens with two attached hydrogens (primary N) is 1. The summed E-state index contributed by atoms with van der Waals surface area (Å²) in [4.78, 5) is 2.30. The molecule has 2 aliphatic rings. The average molecular weight is 264 g/mol. The van der Waals surface area contributed by atoms with E-state index in [1.165, 1.54) is 0 Å².